The highest BCUT2D eigenvalue weighted by Gasteiger charge is 2.30. The molecule has 5 heteroatoms. The molecule has 1 aliphatic carbocycles. The van der Waals surface area contributed by atoms with Gasteiger partial charge in [0.15, 0.2) is 0 Å². The van der Waals surface area contributed by atoms with Crippen LogP contribution in [0.25, 0.3) is 0 Å². The summed E-state index contributed by atoms with van der Waals surface area (Å²) in [5, 5.41) is 10.8. The first-order valence-corrected chi connectivity index (χ1v) is 8.48. The minimum atomic E-state index is -0.358. The Bertz CT molecular complexity index is 497. The summed E-state index contributed by atoms with van der Waals surface area (Å²) in [6, 6.07) is 5.06. The molecule has 0 radical (unpaired) electrons. The minimum Gasteiger partial charge on any atom is -0.330 e. The number of non-ortho nitro benzene ring substituents is 1. The monoisotopic (exact) mass is 354 g/mol. The summed E-state index contributed by atoms with van der Waals surface area (Å²) in [6.45, 7) is 0.691. The van der Waals surface area contributed by atoms with Crippen LogP contribution in [0.1, 0.15) is 50.5 Å². The zero-order valence-corrected chi connectivity index (χ0v) is 13.9. The van der Waals surface area contributed by atoms with Gasteiger partial charge in [0.05, 0.1) is 4.92 Å². The molecule has 116 valence electrons. The molecule has 2 rings (SSSR count). The molecule has 21 heavy (non-hydrogen) atoms. The lowest BCUT2D eigenvalue weighted by molar-refractivity contribution is -0.384. The third-order valence-corrected chi connectivity index (χ3v) is 5.40. The van der Waals surface area contributed by atoms with E-state index >= 15 is 0 Å². The van der Waals surface area contributed by atoms with Crippen LogP contribution in [0.3, 0.4) is 0 Å². The maximum absolute atomic E-state index is 10.8. The van der Waals surface area contributed by atoms with Crippen molar-refractivity contribution in [1.29, 1.82) is 0 Å². The SMILES string of the molecule is NCC1(Cc2ccc([N+](=O)[O-])cc2Br)CCCCCCC1. The second-order valence-corrected chi connectivity index (χ2v) is 7.04. The van der Waals surface area contributed by atoms with E-state index in [4.69, 9.17) is 5.73 Å². The lowest BCUT2D eigenvalue weighted by Gasteiger charge is -2.35. The van der Waals surface area contributed by atoms with Crippen molar-refractivity contribution in [2.75, 3.05) is 6.54 Å². The smallest absolute Gasteiger partial charge is 0.270 e. The van der Waals surface area contributed by atoms with E-state index in [0.717, 1.165) is 29.3 Å². The molecule has 0 aromatic heterocycles. The van der Waals surface area contributed by atoms with Crippen LogP contribution in [0.4, 0.5) is 5.69 Å². The quantitative estimate of drug-likeness (QED) is 0.634. The Kier molecular flexibility index (Phi) is 5.76. The molecule has 0 amide bonds. The number of hydrogen-bond donors (Lipinski definition) is 1. The van der Waals surface area contributed by atoms with Gasteiger partial charge >= 0.3 is 0 Å². The standard InChI is InChI=1S/C16H23BrN2O2/c17-15-10-14(19(20)21)7-6-13(15)11-16(12-18)8-4-2-1-3-5-9-16/h6-7,10H,1-5,8-9,11-12,18H2. The summed E-state index contributed by atoms with van der Waals surface area (Å²) in [4.78, 5) is 10.5. The van der Waals surface area contributed by atoms with Crippen LogP contribution in [0.15, 0.2) is 22.7 Å². The predicted octanol–water partition coefficient (Wildman–Crippen LogP) is 4.59. The van der Waals surface area contributed by atoms with Gasteiger partial charge < -0.3 is 5.73 Å². The fourth-order valence-corrected chi connectivity index (χ4v) is 3.81. The molecule has 0 atom stereocenters. The molecule has 0 aliphatic heterocycles. The van der Waals surface area contributed by atoms with E-state index in [2.05, 4.69) is 15.9 Å². The number of hydrogen-bond acceptors (Lipinski definition) is 3. The van der Waals surface area contributed by atoms with Crippen LogP contribution < -0.4 is 5.73 Å². The summed E-state index contributed by atoms with van der Waals surface area (Å²) in [6.07, 6.45) is 9.62. The van der Waals surface area contributed by atoms with Gasteiger partial charge in [-0.25, -0.2) is 0 Å². The van der Waals surface area contributed by atoms with Crippen LogP contribution in [0.2, 0.25) is 0 Å². The average molecular weight is 355 g/mol. The van der Waals surface area contributed by atoms with Gasteiger partial charge in [-0.3, -0.25) is 10.1 Å². The van der Waals surface area contributed by atoms with Crippen LogP contribution in [-0.4, -0.2) is 11.5 Å². The van der Waals surface area contributed by atoms with E-state index in [9.17, 15) is 10.1 Å². The van der Waals surface area contributed by atoms with Gasteiger partial charge in [-0.1, -0.05) is 54.1 Å². The van der Waals surface area contributed by atoms with Crippen molar-refractivity contribution >= 4 is 21.6 Å². The molecule has 0 unspecified atom stereocenters. The molecule has 1 aliphatic rings. The van der Waals surface area contributed by atoms with Gasteiger partial charge in [-0.15, -0.1) is 0 Å². The van der Waals surface area contributed by atoms with Crippen molar-refractivity contribution < 1.29 is 4.92 Å². The first kappa shape index (κ1) is 16.4. The molecule has 0 bridgehead atoms. The molecular formula is C16H23BrN2O2. The predicted molar refractivity (Wildman–Crippen MR) is 88.3 cm³/mol. The molecule has 0 spiro atoms. The normalized spacial score (nSPS) is 18.8. The highest BCUT2D eigenvalue weighted by molar-refractivity contribution is 9.10. The Morgan fingerprint density at radius 2 is 1.81 bits per heavy atom. The molecule has 0 heterocycles. The van der Waals surface area contributed by atoms with E-state index in [1.165, 1.54) is 32.1 Å². The molecule has 1 aromatic carbocycles. The third-order valence-electron chi connectivity index (χ3n) is 4.66. The Balaban J connectivity index is 2.18. The molecule has 1 fully saturated rings. The summed E-state index contributed by atoms with van der Waals surface area (Å²) in [5.74, 6) is 0. The Hall–Kier alpha value is -0.940. The lowest BCUT2D eigenvalue weighted by Crippen LogP contribution is -2.33. The first-order valence-electron chi connectivity index (χ1n) is 7.69. The Labute approximate surface area is 134 Å². The fraction of sp³-hybridized carbons (Fsp3) is 0.625. The van der Waals surface area contributed by atoms with E-state index in [1.807, 2.05) is 6.07 Å². The summed E-state index contributed by atoms with van der Waals surface area (Å²) in [7, 11) is 0. The molecular weight excluding hydrogens is 332 g/mol. The summed E-state index contributed by atoms with van der Waals surface area (Å²) >= 11 is 3.49. The van der Waals surface area contributed by atoms with E-state index < -0.39 is 0 Å². The number of nitrogens with two attached hydrogens (primary N) is 1. The number of nitro benzene ring substituents is 1. The highest BCUT2D eigenvalue weighted by Crippen LogP contribution is 2.38. The number of benzene rings is 1. The summed E-state index contributed by atoms with van der Waals surface area (Å²) < 4.78 is 0.826. The molecule has 4 nitrogen and oxygen atoms in total. The highest BCUT2D eigenvalue weighted by atomic mass is 79.9. The van der Waals surface area contributed by atoms with Gasteiger partial charge in [0.2, 0.25) is 0 Å². The van der Waals surface area contributed by atoms with Crippen LogP contribution >= 0.6 is 15.9 Å². The van der Waals surface area contributed by atoms with Gasteiger partial charge in [0.25, 0.3) is 5.69 Å². The fourth-order valence-electron chi connectivity index (χ4n) is 3.31. The van der Waals surface area contributed by atoms with E-state index in [-0.39, 0.29) is 16.0 Å². The average Bonchev–Trinajstić information content (AvgIpc) is 2.44. The van der Waals surface area contributed by atoms with Crippen LogP contribution in [0, 0.1) is 15.5 Å². The number of rotatable bonds is 4. The second kappa shape index (κ2) is 7.36. The van der Waals surface area contributed by atoms with E-state index in [0.29, 0.717) is 6.54 Å². The second-order valence-electron chi connectivity index (χ2n) is 6.18. The zero-order valence-electron chi connectivity index (χ0n) is 12.3. The molecule has 2 N–H and O–H groups in total. The minimum absolute atomic E-state index is 0.130. The maximum Gasteiger partial charge on any atom is 0.270 e. The molecule has 1 aromatic rings. The van der Waals surface area contributed by atoms with Crippen molar-refractivity contribution in [3.8, 4) is 0 Å². The summed E-state index contributed by atoms with van der Waals surface area (Å²) in [5.41, 5.74) is 7.52. The van der Waals surface area contributed by atoms with Crippen molar-refractivity contribution in [2.45, 2.75) is 51.4 Å². The van der Waals surface area contributed by atoms with Crippen molar-refractivity contribution in [2.24, 2.45) is 11.1 Å². The van der Waals surface area contributed by atoms with Crippen LogP contribution in [-0.2, 0) is 6.42 Å². The first-order chi connectivity index (χ1) is 10.1. The van der Waals surface area contributed by atoms with E-state index in [1.54, 1.807) is 12.1 Å². The maximum atomic E-state index is 10.8. The molecule has 1 saturated carbocycles. The molecule has 0 saturated heterocycles. The van der Waals surface area contributed by atoms with Crippen molar-refractivity contribution in [3.05, 3.63) is 38.3 Å². The van der Waals surface area contributed by atoms with Gasteiger partial charge in [-0.2, -0.15) is 0 Å². The Morgan fingerprint density at radius 1 is 1.19 bits per heavy atom. The van der Waals surface area contributed by atoms with Gasteiger partial charge in [0, 0.05) is 16.6 Å². The van der Waals surface area contributed by atoms with Crippen molar-refractivity contribution in [3.63, 3.8) is 0 Å². The topological polar surface area (TPSA) is 69.2 Å². The van der Waals surface area contributed by atoms with Crippen molar-refractivity contribution in [1.82, 2.24) is 0 Å². The third kappa shape index (κ3) is 4.27. The zero-order chi connectivity index (χ0) is 15.3. The largest absolute Gasteiger partial charge is 0.330 e. The number of nitro groups is 1. The van der Waals surface area contributed by atoms with Crippen LogP contribution in [0.5, 0.6) is 0 Å². The van der Waals surface area contributed by atoms with Gasteiger partial charge in [-0.05, 0) is 36.8 Å². The Morgan fingerprint density at radius 3 is 2.33 bits per heavy atom. The van der Waals surface area contributed by atoms with Gasteiger partial charge in [0.1, 0.15) is 0 Å². The lowest BCUT2D eigenvalue weighted by atomic mass is 9.72. The number of nitrogens with zero attached hydrogens (tertiary/aromatic N) is 1. The number of halogens is 1.